The number of anilines is 1. The van der Waals surface area contributed by atoms with Crippen molar-refractivity contribution < 1.29 is 0 Å². The average Bonchev–Trinajstić information content (AvgIpc) is 2.60. The van der Waals surface area contributed by atoms with Gasteiger partial charge >= 0.3 is 0 Å². The first kappa shape index (κ1) is 14.6. The van der Waals surface area contributed by atoms with Gasteiger partial charge in [0.2, 0.25) is 0 Å². The van der Waals surface area contributed by atoms with Gasteiger partial charge in [-0.05, 0) is 51.2 Å². The van der Waals surface area contributed by atoms with Crippen molar-refractivity contribution in [3.8, 4) is 0 Å². The van der Waals surface area contributed by atoms with Crippen LogP contribution in [0.5, 0.6) is 0 Å². The van der Waals surface area contributed by atoms with Crippen LogP contribution in [0.2, 0.25) is 5.02 Å². The lowest BCUT2D eigenvalue weighted by Crippen LogP contribution is -2.25. The van der Waals surface area contributed by atoms with Gasteiger partial charge in [0.25, 0.3) is 0 Å². The topological polar surface area (TPSA) is 6.48 Å². The van der Waals surface area contributed by atoms with Crippen molar-refractivity contribution in [2.24, 2.45) is 0 Å². The highest BCUT2D eigenvalue weighted by atomic mass is 35.5. The number of nitrogens with zero attached hydrogens (tertiary/aromatic N) is 2. The zero-order valence-corrected chi connectivity index (χ0v) is 12.0. The normalized spacial score (nSPS) is 13.8. The summed E-state index contributed by atoms with van der Waals surface area (Å²) in [5.41, 5.74) is 2.78. The smallest absolute Gasteiger partial charge is 0.0426 e. The molecule has 0 aromatic heterocycles. The molecule has 1 aromatic carbocycles. The van der Waals surface area contributed by atoms with Crippen LogP contribution in [0.25, 0.3) is 0 Å². The van der Waals surface area contributed by atoms with E-state index >= 15 is 0 Å². The van der Waals surface area contributed by atoms with Crippen LogP contribution in [-0.2, 0) is 6.42 Å². The molecule has 4 heteroatoms. The van der Waals surface area contributed by atoms with Gasteiger partial charge in [-0.3, -0.25) is 0 Å². The molecule has 0 bridgehead atoms. The number of benzene rings is 1. The summed E-state index contributed by atoms with van der Waals surface area (Å²) < 4.78 is 0. The van der Waals surface area contributed by atoms with Crippen molar-refractivity contribution >= 4 is 29.7 Å². The van der Waals surface area contributed by atoms with E-state index < -0.39 is 0 Å². The molecule has 96 valence electrons. The van der Waals surface area contributed by atoms with E-state index in [0.29, 0.717) is 0 Å². The van der Waals surface area contributed by atoms with Gasteiger partial charge in [-0.25, -0.2) is 0 Å². The summed E-state index contributed by atoms with van der Waals surface area (Å²) >= 11 is 6.04. The van der Waals surface area contributed by atoms with Crippen molar-refractivity contribution in [2.45, 2.75) is 12.8 Å². The Kier molecular flexibility index (Phi) is 5.57. The van der Waals surface area contributed by atoms with Gasteiger partial charge in [0.15, 0.2) is 0 Å². The highest BCUT2D eigenvalue weighted by molar-refractivity contribution is 6.30. The second-order valence-corrected chi connectivity index (χ2v) is 5.10. The molecule has 17 heavy (non-hydrogen) atoms. The second kappa shape index (κ2) is 6.48. The van der Waals surface area contributed by atoms with E-state index in [0.717, 1.165) is 31.1 Å². The van der Waals surface area contributed by atoms with E-state index in [2.05, 4.69) is 36.0 Å². The number of halogens is 2. The molecule has 2 rings (SSSR count). The van der Waals surface area contributed by atoms with Gasteiger partial charge < -0.3 is 9.80 Å². The summed E-state index contributed by atoms with van der Waals surface area (Å²) in [4.78, 5) is 4.68. The summed E-state index contributed by atoms with van der Waals surface area (Å²) in [7, 11) is 4.24. The van der Waals surface area contributed by atoms with Gasteiger partial charge in [0, 0.05) is 23.8 Å². The van der Waals surface area contributed by atoms with Crippen molar-refractivity contribution in [1.29, 1.82) is 0 Å². The zero-order chi connectivity index (χ0) is 11.5. The average molecular weight is 275 g/mol. The fourth-order valence-electron chi connectivity index (χ4n) is 2.23. The molecule has 2 nitrogen and oxygen atoms in total. The molecule has 1 aliphatic rings. The lowest BCUT2D eigenvalue weighted by Gasteiger charge is -2.20. The molecule has 0 saturated heterocycles. The van der Waals surface area contributed by atoms with E-state index in [9.17, 15) is 0 Å². The van der Waals surface area contributed by atoms with Crippen LogP contribution < -0.4 is 4.90 Å². The molecular formula is C13H20Cl2N2. The third-order valence-electron chi connectivity index (χ3n) is 3.07. The predicted octanol–water partition coefficient (Wildman–Crippen LogP) is 3.08. The summed E-state index contributed by atoms with van der Waals surface area (Å²) in [5, 5.41) is 0.846. The Bertz CT molecular complexity index is 366. The molecule has 0 atom stereocenters. The van der Waals surface area contributed by atoms with E-state index in [4.69, 9.17) is 11.6 Å². The number of fused-ring (bicyclic) bond motifs is 1. The van der Waals surface area contributed by atoms with Crippen LogP contribution in [0.4, 0.5) is 5.69 Å². The predicted molar refractivity (Wildman–Crippen MR) is 77.8 cm³/mol. The summed E-state index contributed by atoms with van der Waals surface area (Å²) in [6, 6.07) is 6.24. The lowest BCUT2D eigenvalue weighted by molar-refractivity contribution is 0.401. The minimum atomic E-state index is 0. The first-order valence-corrected chi connectivity index (χ1v) is 6.23. The second-order valence-electron chi connectivity index (χ2n) is 4.67. The SMILES string of the molecule is CN(C)CCCN1CCc2ccc(Cl)cc21.Cl. The Morgan fingerprint density at radius 1 is 1.35 bits per heavy atom. The van der Waals surface area contributed by atoms with Gasteiger partial charge in [-0.2, -0.15) is 0 Å². The Balaban J connectivity index is 0.00000144. The maximum atomic E-state index is 6.04. The molecule has 0 spiro atoms. The fourth-order valence-corrected chi connectivity index (χ4v) is 2.40. The molecule has 0 aliphatic carbocycles. The monoisotopic (exact) mass is 274 g/mol. The van der Waals surface area contributed by atoms with E-state index in [1.54, 1.807) is 0 Å². The van der Waals surface area contributed by atoms with Crippen LogP contribution in [0.15, 0.2) is 18.2 Å². The number of rotatable bonds is 4. The van der Waals surface area contributed by atoms with Crippen LogP contribution >= 0.6 is 24.0 Å². The Hall–Kier alpha value is -0.440. The molecule has 0 fully saturated rings. The van der Waals surface area contributed by atoms with Crippen molar-refractivity contribution in [3.63, 3.8) is 0 Å². The van der Waals surface area contributed by atoms with Crippen molar-refractivity contribution in [2.75, 3.05) is 38.6 Å². The van der Waals surface area contributed by atoms with Crippen molar-refractivity contribution in [3.05, 3.63) is 28.8 Å². The molecule has 1 heterocycles. The quantitative estimate of drug-likeness (QED) is 0.833. The standard InChI is InChI=1S/C13H19ClN2.ClH/c1-15(2)7-3-8-16-9-6-11-4-5-12(14)10-13(11)16;/h4-5,10H,3,6-9H2,1-2H3;1H. The molecular weight excluding hydrogens is 255 g/mol. The molecule has 0 radical (unpaired) electrons. The third-order valence-corrected chi connectivity index (χ3v) is 3.31. The molecule has 0 saturated carbocycles. The van der Waals surface area contributed by atoms with Crippen LogP contribution in [-0.4, -0.2) is 38.6 Å². The Morgan fingerprint density at radius 2 is 2.12 bits per heavy atom. The largest absolute Gasteiger partial charge is 0.371 e. The molecule has 1 aliphatic heterocycles. The first-order chi connectivity index (χ1) is 7.66. The maximum absolute atomic E-state index is 6.04. The minimum absolute atomic E-state index is 0. The van der Waals surface area contributed by atoms with Gasteiger partial charge in [0.1, 0.15) is 0 Å². The molecule has 1 aromatic rings. The molecule has 0 unspecified atom stereocenters. The maximum Gasteiger partial charge on any atom is 0.0426 e. The lowest BCUT2D eigenvalue weighted by atomic mass is 10.2. The van der Waals surface area contributed by atoms with Crippen LogP contribution in [0.3, 0.4) is 0 Å². The number of hydrogen-bond acceptors (Lipinski definition) is 2. The van der Waals surface area contributed by atoms with E-state index in [1.165, 1.54) is 17.7 Å². The van der Waals surface area contributed by atoms with Gasteiger partial charge in [-0.15, -0.1) is 12.4 Å². The zero-order valence-electron chi connectivity index (χ0n) is 10.4. The molecule has 0 N–H and O–H groups in total. The Labute approximate surface area is 115 Å². The summed E-state index contributed by atoms with van der Waals surface area (Å²) in [6.45, 7) is 3.42. The first-order valence-electron chi connectivity index (χ1n) is 5.85. The third kappa shape index (κ3) is 3.77. The van der Waals surface area contributed by atoms with E-state index in [-0.39, 0.29) is 12.4 Å². The Morgan fingerprint density at radius 3 is 2.82 bits per heavy atom. The van der Waals surface area contributed by atoms with E-state index in [1.807, 2.05) is 6.07 Å². The minimum Gasteiger partial charge on any atom is -0.371 e. The summed E-state index contributed by atoms with van der Waals surface area (Å²) in [5.74, 6) is 0. The highest BCUT2D eigenvalue weighted by Crippen LogP contribution is 2.30. The molecule has 0 amide bonds. The number of hydrogen-bond donors (Lipinski definition) is 0. The summed E-state index contributed by atoms with van der Waals surface area (Å²) in [6.07, 6.45) is 2.37. The van der Waals surface area contributed by atoms with Crippen LogP contribution in [0, 0.1) is 0 Å². The van der Waals surface area contributed by atoms with Gasteiger partial charge in [-0.1, -0.05) is 17.7 Å². The van der Waals surface area contributed by atoms with Crippen molar-refractivity contribution in [1.82, 2.24) is 4.90 Å². The van der Waals surface area contributed by atoms with Gasteiger partial charge in [0.05, 0.1) is 0 Å². The van der Waals surface area contributed by atoms with Crippen LogP contribution in [0.1, 0.15) is 12.0 Å². The highest BCUT2D eigenvalue weighted by Gasteiger charge is 2.18. The fraction of sp³-hybridized carbons (Fsp3) is 0.538.